The van der Waals surface area contributed by atoms with Crippen molar-refractivity contribution in [2.24, 2.45) is 0 Å². The number of nitriles is 1. The maximum Gasteiger partial charge on any atom is 0 e. The first-order chi connectivity index (χ1) is 1.41. The van der Waals surface area contributed by atoms with E-state index in [-0.39, 0.29) is 57.4 Å². The maximum atomic E-state index is 7.32. The fraction of sp³-hybridized carbons (Fsp3) is 0. The first-order valence-electron chi connectivity index (χ1n) is 0.724. The zero-order valence-corrected chi connectivity index (χ0v) is 5.62. The summed E-state index contributed by atoms with van der Waals surface area (Å²) in [6, 6.07) is 0. The van der Waals surface area contributed by atoms with Crippen molar-refractivity contribution in [3.63, 3.8) is 0 Å². The molecule has 0 aromatic heterocycles. The minimum atomic E-state index is 0. The molecule has 0 fully saturated rings. The normalized spacial score (nSPS) is 1.17. The molecule has 6 heavy (non-hydrogen) atoms. The van der Waals surface area contributed by atoms with Crippen molar-refractivity contribution >= 4 is 45.8 Å². The average molecular weight is 142 g/mol. The summed E-state index contributed by atoms with van der Waals surface area (Å²) in [6.07, 6.45) is 0. The minimum Gasteiger partial charge on any atom is 0 e. The summed E-state index contributed by atoms with van der Waals surface area (Å²) in [6.45, 7) is 0. The molecule has 0 bridgehead atoms. The zero-order valence-electron chi connectivity index (χ0n) is 2.65. The van der Waals surface area contributed by atoms with Gasteiger partial charge < -0.3 is 0 Å². The number of hydrogen-bond acceptors (Lipinski definition) is 1. The van der Waals surface area contributed by atoms with Crippen LogP contribution in [0.1, 0.15) is 0 Å². The van der Waals surface area contributed by atoms with E-state index in [2.05, 4.69) is 0 Å². The van der Waals surface area contributed by atoms with Crippen molar-refractivity contribution in [3.8, 4) is 5.97 Å². The molecule has 0 N–H and O–H groups in total. The Morgan fingerprint density at radius 3 is 1.50 bits per heavy atom. The van der Waals surface area contributed by atoms with Crippen molar-refractivity contribution in [2.75, 3.05) is 0 Å². The van der Waals surface area contributed by atoms with Gasteiger partial charge in [0.05, 0.1) is 8.41 Å². The molecule has 0 saturated heterocycles. The van der Waals surface area contributed by atoms with Crippen LogP contribution in [0.4, 0.5) is 0 Å². The summed E-state index contributed by atoms with van der Waals surface area (Å²) in [5.74, 6) is 1.75. The van der Waals surface area contributed by atoms with Crippen LogP contribution in [0.2, 0.25) is 0 Å². The van der Waals surface area contributed by atoms with Crippen LogP contribution in [-0.2, 0) is 19.5 Å². The van der Waals surface area contributed by atoms with Crippen LogP contribution >= 0.6 is 0 Å². The molecule has 24 valence electrons. The largest absolute Gasteiger partial charge is 0 e. The number of rotatable bonds is 0. The van der Waals surface area contributed by atoms with Gasteiger partial charge in [0.2, 0.25) is 7.85 Å². The Hall–Kier alpha value is 1.24. The van der Waals surface area contributed by atoms with Gasteiger partial charge in [0.25, 0.3) is 0 Å². The SMILES string of the molecule is B.BC#N.[NaH].[Zn]. The molecular formula is CH6B2NNaZn. The van der Waals surface area contributed by atoms with E-state index in [9.17, 15) is 0 Å². The van der Waals surface area contributed by atoms with Crippen LogP contribution in [0.25, 0.3) is 0 Å². The van der Waals surface area contributed by atoms with E-state index in [1.807, 2.05) is 0 Å². The summed E-state index contributed by atoms with van der Waals surface area (Å²) in [5.41, 5.74) is 0. The Morgan fingerprint density at radius 1 is 1.50 bits per heavy atom. The second-order valence-electron chi connectivity index (χ2n) is 0.224. The van der Waals surface area contributed by atoms with Gasteiger partial charge in [0.1, 0.15) is 0 Å². The molecule has 1 nitrogen and oxygen atoms in total. The van der Waals surface area contributed by atoms with Gasteiger partial charge in [-0.3, -0.25) is 0 Å². The minimum absolute atomic E-state index is 0. The van der Waals surface area contributed by atoms with Gasteiger partial charge in [-0.25, -0.2) is 5.26 Å². The van der Waals surface area contributed by atoms with Gasteiger partial charge >= 0.3 is 29.6 Å². The van der Waals surface area contributed by atoms with E-state index in [0.29, 0.717) is 0 Å². The summed E-state index contributed by atoms with van der Waals surface area (Å²) in [5, 5.41) is 7.32. The standard InChI is InChI=1S/CH2BN.BH3.Na.Zn.H/c2-1-3;;;;/h2H2;1H3;;;. The van der Waals surface area contributed by atoms with E-state index >= 15 is 0 Å². The van der Waals surface area contributed by atoms with Gasteiger partial charge in [0.15, 0.2) is 0 Å². The predicted octanol–water partition coefficient (Wildman–Crippen LogP) is -2.73. The molecule has 0 aliphatic heterocycles. The van der Waals surface area contributed by atoms with Gasteiger partial charge in [-0.2, -0.15) is 0 Å². The van der Waals surface area contributed by atoms with Crippen LogP contribution in [0.3, 0.4) is 0 Å². The summed E-state index contributed by atoms with van der Waals surface area (Å²) in [7, 11) is 1.43. The van der Waals surface area contributed by atoms with Crippen LogP contribution in [0, 0.1) is 11.2 Å². The topological polar surface area (TPSA) is 23.8 Å². The predicted molar refractivity (Wildman–Crippen MR) is 31.2 cm³/mol. The maximum absolute atomic E-state index is 7.32. The van der Waals surface area contributed by atoms with E-state index in [4.69, 9.17) is 5.26 Å². The Balaban J connectivity index is -0.00000000667. The van der Waals surface area contributed by atoms with E-state index in [1.54, 1.807) is 5.97 Å². The molecule has 0 atom stereocenters. The van der Waals surface area contributed by atoms with Crippen molar-refractivity contribution in [1.82, 2.24) is 0 Å². The third kappa shape index (κ3) is 61.1. The Morgan fingerprint density at radius 2 is 1.50 bits per heavy atom. The van der Waals surface area contributed by atoms with Crippen LogP contribution < -0.4 is 0 Å². The Kier molecular flexibility index (Phi) is 153. The molecule has 0 saturated carbocycles. The average Bonchev–Trinajstić information content (AvgIpc) is 0.918. The van der Waals surface area contributed by atoms with Crippen LogP contribution in [0.5, 0.6) is 0 Å². The summed E-state index contributed by atoms with van der Waals surface area (Å²) in [4.78, 5) is 0. The fourth-order valence-electron chi connectivity index (χ4n) is 0. The van der Waals surface area contributed by atoms with E-state index < -0.39 is 0 Å². The Bertz CT molecular complexity index is 35.0. The molecular weight excluding hydrogens is 136 g/mol. The van der Waals surface area contributed by atoms with E-state index in [1.165, 1.54) is 7.85 Å². The summed E-state index contributed by atoms with van der Waals surface area (Å²) < 4.78 is 0. The van der Waals surface area contributed by atoms with Gasteiger partial charge in [-0.15, -0.1) is 0 Å². The molecule has 0 spiro atoms. The quantitative estimate of drug-likeness (QED) is 0.337. The molecule has 0 aromatic rings. The smallest absolute Gasteiger partial charge is 0 e. The number of hydrogen-bond donors (Lipinski definition) is 0. The molecule has 0 amide bonds. The molecule has 0 radical (unpaired) electrons. The Labute approximate surface area is 75.9 Å². The van der Waals surface area contributed by atoms with Gasteiger partial charge in [-0.1, -0.05) is 0 Å². The molecule has 0 aromatic carbocycles. The van der Waals surface area contributed by atoms with Crippen LogP contribution in [0.15, 0.2) is 0 Å². The van der Waals surface area contributed by atoms with E-state index in [0.717, 1.165) is 0 Å². The third-order valence-corrected chi connectivity index (χ3v) is 0. The molecule has 0 aliphatic carbocycles. The van der Waals surface area contributed by atoms with Gasteiger partial charge in [0, 0.05) is 19.5 Å². The molecule has 0 heterocycles. The van der Waals surface area contributed by atoms with Crippen molar-refractivity contribution < 1.29 is 19.5 Å². The van der Waals surface area contributed by atoms with Gasteiger partial charge in [-0.05, 0) is 5.97 Å². The first-order valence-corrected chi connectivity index (χ1v) is 0.724. The number of nitrogens with zero attached hydrogens (tertiary/aromatic N) is 1. The second kappa shape index (κ2) is 34.1. The first kappa shape index (κ1) is 26.8. The zero-order chi connectivity index (χ0) is 2.71. The molecule has 5 heteroatoms. The van der Waals surface area contributed by atoms with Crippen molar-refractivity contribution in [1.29, 1.82) is 5.26 Å². The van der Waals surface area contributed by atoms with Crippen molar-refractivity contribution in [3.05, 3.63) is 0 Å². The monoisotopic (exact) mass is 141 g/mol. The van der Waals surface area contributed by atoms with Crippen LogP contribution in [-0.4, -0.2) is 45.8 Å². The molecule has 0 rings (SSSR count). The second-order valence-corrected chi connectivity index (χ2v) is 0.224. The molecule has 0 unspecified atom stereocenters. The third-order valence-electron chi connectivity index (χ3n) is 0. The van der Waals surface area contributed by atoms with Crippen molar-refractivity contribution in [2.45, 2.75) is 0 Å². The summed E-state index contributed by atoms with van der Waals surface area (Å²) >= 11 is 0. The molecule has 0 aliphatic rings. The fourth-order valence-corrected chi connectivity index (χ4v) is 0.